The van der Waals surface area contributed by atoms with E-state index in [0.717, 1.165) is 6.54 Å². The van der Waals surface area contributed by atoms with Gasteiger partial charge in [0.25, 0.3) is 0 Å². The van der Waals surface area contributed by atoms with Crippen LogP contribution in [0.15, 0.2) is 12.7 Å². The zero-order valence-electron chi connectivity index (χ0n) is 7.33. The lowest BCUT2D eigenvalue weighted by molar-refractivity contribution is 0.832. The predicted octanol–water partition coefficient (Wildman–Crippen LogP) is 1.83. The molecule has 0 rings (SSSR count). The molecule has 1 nitrogen and oxygen atoms in total. The fourth-order valence-corrected chi connectivity index (χ4v) is 4.55. The van der Waals surface area contributed by atoms with E-state index in [9.17, 15) is 0 Å². The van der Waals surface area contributed by atoms with Crippen LogP contribution in [0.1, 0.15) is 0 Å². The Hall–Kier alpha value is 0.400. The molecular weight excluding hydrogens is 162 g/mol. The third kappa shape index (κ3) is 3.54. The minimum Gasteiger partial charge on any atom is -0.233 e. The summed E-state index contributed by atoms with van der Waals surface area (Å²) in [5, 5.41) is 0. The quantitative estimate of drug-likeness (QED) is 0.494. The van der Waals surface area contributed by atoms with Gasteiger partial charge in [-0.2, -0.15) is 22.2 Å². The lowest BCUT2D eigenvalue weighted by atomic mass is 10.7. The summed E-state index contributed by atoms with van der Waals surface area (Å²) in [5.41, 5.74) is 0. The van der Waals surface area contributed by atoms with Crippen LogP contribution < -0.4 is 0 Å². The fourth-order valence-electron chi connectivity index (χ4n) is 0.800. The molecule has 0 aromatic carbocycles. The largest absolute Gasteiger partial charge is 0.233 e. The molecule has 64 valence electrons. The highest BCUT2D eigenvalue weighted by molar-refractivity contribution is 8.28. The van der Waals surface area contributed by atoms with Crippen LogP contribution in [0.5, 0.6) is 0 Å². The van der Waals surface area contributed by atoms with Gasteiger partial charge in [0.1, 0.15) is 0 Å². The summed E-state index contributed by atoms with van der Waals surface area (Å²) < 4.78 is 2.53. The second-order valence-corrected chi connectivity index (χ2v) is 7.21. The fraction of sp³-hybridized carbons (Fsp3) is 0.714. The Morgan fingerprint density at radius 1 is 1.20 bits per heavy atom. The Morgan fingerprint density at radius 3 is 1.70 bits per heavy atom. The molecule has 0 aromatic heterocycles. The second kappa shape index (κ2) is 5.10. The molecule has 0 bridgehead atoms. The van der Waals surface area contributed by atoms with Gasteiger partial charge >= 0.3 is 0 Å². The van der Waals surface area contributed by atoms with Gasteiger partial charge in [0.05, 0.1) is 0 Å². The van der Waals surface area contributed by atoms with E-state index < -0.39 is 0 Å². The van der Waals surface area contributed by atoms with Gasteiger partial charge in [0, 0.05) is 6.54 Å². The van der Waals surface area contributed by atoms with Crippen molar-refractivity contribution < 1.29 is 0 Å². The van der Waals surface area contributed by atoms with Gasteiger partial charge in [-0.3, -0.25) is 0 Å². The topological polar surface area (TPSA) is 3.24 Å². The SMILES string of the molecule is C=CCN([SH](C)C)[SH](C)C. The molecule has 0 aromatic rings. The Kier molecular flexibility index (Phi) is 5.31. The van der Waals surface area contributed by atoms with Crippen LogP contribution in [-0.4, -0.2) is 35.3 Å². The van der Waals surface area contributed by atoms with E-state index in [2.05, 4.69) is 35.3 Å². The van der Waals surface area contributed by atoms with Gasteiger partial charge in [-0.1, -0.05) is 6.08 Å². The minimum atomic E-state index is 0.0817. The van der Waals surface area contributed by atoms with Crippen molar-refractivity contribution >= 4 is 22.2 Å². The van der Waals surface area contributed by atoms with Crippen LogP contribution in [0.2, 0.25) is 0 Å². The normalized spacial score (nSPS) is 13.3. The van der Waals surface area contributed by atoms with Crippen molar-refractivity contribution in [1.29, 1.82) is 0 Å². The van der Waals surface area contributed by atoms with E-state index in [0.29, 0.717) is 0 Å². The Bertz CT molecular complexity index is 93.8. The zero-order valence-corrected chi connectivity index (χ0v) is 9.12. The van der Waals surface area contributed by atoms with E-state index in [4.69, 9.17) is 0 Å². The first-order valence-electron chi connectivity index (χ1n) is 3.32. The molecule has 0 atom stereocenters. The van der Waals surface area contributed by atoms with Crippen molar-refractivity contribution in [3.05, 3.63) is 12.7 Å². The average Bonchev–Trinajstić information content (AvgIpc) is 1.81. The van der Waals surface area contributed by atoms with Crippen LogP contribution >= 0.6 is 22.2 Å². The summed E-state index contributed by atoms with van der Waals surface area (Å²) in [7, 11) is 0. The molecule has 0 saturated heterocycles. The molecule has 0 saturated carbocycles. The second-order valence-electron chi connectivity index (χ2n) is 2.54. The zero-order chi connectivity index (χ0) is 8.15. The van der Waals surface area contributed by atoms with Crippen molar-refractivity contribution in [3.63, 3.8) is 0 Å². The summed E-state index contributed by atoms with van der Waals surface area (Å²) >= 11 is 0.163. The number of rotatable bonds is 4. The highest BCUT2D eigenvalue weighted by atomic mass is 32.3. The molecule has 0 aliphatic heterocycles. The molecule has 3 heteroatoms. The molecule has 0 spiro atoms. The van der Waals surface area contributed by atoms with Crippen LogP contribution in [-0.2, 0) is 0 Å². The summed E-state index contributed by atoms with van der Waals surface area (Å²) in [6, 6.07) is 0. The minimum absolute atomic E-state index is 0.0817. The van der Waals surface area contributed by atoms with Gasteiger partial charge < -0.3 is 0 Å². The lowest BCUT2D eigenvalue weighted by Crippen LogP contribution is -2.14. The molecule has 0 radical (unpaired) electrons. The molecule has 0 amide bonds. The first-order chi connectivity index (χ1) is 4.59. The van der Waals surface area contributed by atoms with Crippen molar-refractivity contribution in [2.45, 2.75) is 0 Å². The van der Waals surface area contributed by atoms with Crippen LogP contribution in [0.4, 0.5) is 0 Å². The molecule has 0 unspecified atom stereocenters. The maximum atomic E-state index is 3.74. The lowest BCUT2D eigenvalue weighted by Gasteiger charge is -2.33. The summed E-state index contributed by atoms with van der Waals surface area (Å²) in [4.78, 5) is 0. The van der Waals surface area contributed by atoms with E-state index >= 15 is 0 Å². The van der Waals surface area contributed by atoms with Crippen LogP contribution in [0.3, 0.4) is 0 Å². The van der Waals surface area contributed by atoms with E-state index in [1.54, 1.807) is 0 Å². The predicted molar refractivity (Wildman–Crippen MR) is 58.6 cm³/mol. The van der Waals surface area contributed by atoms with Gasteiger partial charge in [-0.05, 0) is 25.0 Å². The summed E-state index contributed by atoms with van der Waals surface area (Å²) in [6.45, 7) is 4.80. The summed E-state index contributed by atoms with van der Waals surface area (Å²) in [5.74, 6) is 0. The van der Waals surface area contributed by atoms with Gasteiger partial charge in [0.2, 0.25) is 0 Å². The third-order valence-corrected chi connectivity index (χ3v) is 5.54. The van der Waals surface area contributed by atoms with Crippen molar-refractivity contribution in [1.82, 2.24) is 3.71 Å². The highest BCUT2D eigenvalue weighted by Gasteiger charge is 2.04. The number of hydrogen-bond acceptors (Lipinski definition) is 1. The van der Waals surface area contributed by atoms with Crippen LogP contribution in [0.25, 0.3) is 0 Å². The first-order valence-corrected chi connectivity index (χ1v) is 7.70. The molecule has 0 aliphatic rings. The molecule has 0 N–H and O–H groups in total. The van der Waals surface area contributed by atoms with Crippen molar-refractivity contribution in [2.75, 3.05) is 31.6 Å². The average molecular weight is 181 g/mol. The molecule has 0 fully saturated rings. The Morgan fingerprint density at radius 2 is 1.60 bits per heavy atom. The van der Waals surface area contributed by atoms with Crippen LogP contribution in [0, 0.1) is 0 Å². The third-order valence-electron chi connectivity index (χ3n) is 1.22. The van der Waals surface area contributed by atoms with Gasteiger partial charge in [-0.15, -0.1) is 6.58 Å². The Balaban J connectivity index is 3.84. The number of thiol groups is 2. The maximum absolute atomic E-state index is 3.74. The highest BCUT2D eigenvalue weighted by Crippen LogP contribution is 2.35. The molecule has 0 heterocycles. The molecule has 0 aliphatic carbocycles. The van der Waals surface area contributed by atoms with Gasteiger partial charge in [0.15, 0.2) is 0 Å². The number of hydrogen-bond donors (Lipinski definition) is 2. The van der Waals surface area contributed by atoms with Gasteiger partial charge in [-0.25, -0.2) is 3.71 Å². The first kappa shape index (κ1) is 10.4. The van der Waals surface area contributed by atoms with E-state index in [1.807, 2.05) is 6.08 Å². The summed E-state index contributed by atoms with van der Waals surface area (Å²) in [6.07, 6.45) is 11.2. The van der Waals surface area contributed by atoms with E-state index in [1.165, 1.54) is 0 Å². The Labute approximate surface area is 70.5 Å². The standard InChI is InChI=1S/C7H19NS2/c1-6-7-8(9(2)3)10(4)5/h6,9-10H,1,7H2,2-5H3. The van der Waals surface area contributed by atoms with E-state index in [-0.39, 0.29) is 22.2 Å². The maximum Gasteiger partial charge on any atom is 0.0342 e. The monoisotopic (exact) mass is 181 g/mol. The smallest absolute Gasteiger partial charge is 0.0342 e. The number of nitrogens with zero attached hydrogens (tertiary/aromatic N) is 1. The van der Waals surface area contributed by atoms with Crippen molar-refractivity contribution in [2.24, 2.45) is 0 Å². The van der Waals surface area contributed by atoms with Crippen molar-refractivity contribution in [3.8, 4) is 0 Å². The molecule has 10 heavy (non-hydrogen) atoms. The molecular formula is C7H19NS2.